The third kappa shape index (κ3) is 2.74. The molecule has 0 saturated carbocycles. The summed E-state index contributed by atoms with van der Waals surface area (Å²) < 4.78 is 5.53. The zero-order valence-electron chi connectivity index (χ0n) is 8.70. The third-order valence-electron chi connectivity index (χ3n) is 2.59. The van der Waals surface area contributed by atoms with Crippen LogP contribution in [0.5, 0.6) is 0 Å². The van der Waals surface area contributed by atoms with Crippen LogP contribution in [0.15, 0.2) is 24.3 Å². The molecule has 1 saturated heterocycles. The minimum Gasteiger partial charge on any atom is -0.382 e. The maximum atomic E-state index is 5.53. The van der Waals surface area contributed by atoms with Gasteiger partial charge in [0.15, 0.2) is 0 Å². The second kappa shape index (κ2) is 4.86. The smallest absolute Gasteiger partial charge is 0.0748 e. The maximum Gasteiger partial charge on any atom is 0.0748 e. The van der Waals surface area contributed by atoms with E-state index in [4.69, 9.17) is 11.2 Å². The Balaban J connectivity index is 1.90. The topological polar surface area (TPSA) is 21.3 Å². The van der Waals surface area contributed by atoms with Crippen LogP contribution in [0, 0.1) is 12.3 Å². The number of ether oxygens (including phenoxy) is 1. The third-order valence-corrected chi connectivity index (χ3v) is 2.59. The standard InChI is InChI=1S/C13H15NO/c1-2-11-5-3-6-12(9-11)14-10-13-7-4-8-15-13/h1,3,5-6,9,13-14H,4,7-8,10H2. The molecule has 1 aliphatic heterocycles. The van der Waals surface area contributed by atoms with E-state index in [0.717, 1.165) is 30.8 Å². The first kappa shape index (κ1) is 10.1. The predicted octanol–water partition coefficient (Wildman–Crippen LogP) is 2.26. The Hall–Kier alpha value is -1.46. The quantitative estimate of drug-likeness (QED) is 0.757. The van der Waals surface area contributed by atoms with Crippen LogP contribution >= 0.6 is 0 Å². The van der Waals surface area contributed by atoms with Crippen molar-refractivity contribution in [3.8, 4) is 12.3 Å². The zero-order chi connectivity index (χ0) is 10.5. The molecule has 1 fully saturated rings. The minimum atomic E-state index is 0.361. The molecule has 1 aromatic rings. The number of rotatable bonds is 3. The number of anilines is 1. The van der Waals surface area contributed by atoms with E-state index in [1.165, 1.54) is 6.42 Å². The molecule has 1 aliphatic rings. The molecule has 1 N–H and O–H groups in total. The Bertz CT molecular complexity index is 361. The number of terminal acetylenes is 1. The summed E-state index contributed by atoms with van der Waals surface area (Å²) in [4.78, 5) is 0. The predicted molar refractivity (Wildman–Crippen MR) is 61.8 cm³/mol. The number of nitrogens with one attached hydrogen (secondary N) is 1. The van der Waals surface area contributed by atoms with Crippen LogP contribution in [0.1, 0.15) is 18.4 Å². The second-order valence-electron chi connectivity index (χ2n) is 3.74. The largest absolute Gasteiger partial charge is 0.382 e. The molecule has 0 aliphatic carbocycles. The summed E-state index contributed by atoms with van der Waals surface area (Å²) in [5.41, 5.74) is 1.98. The summed E-state index contributed by atoms with van der Waals surface area (Å²) in [7, 11) is 0. The van der Waals surface area contributed by atoms with Crippen LogP contribution in [0.25, 0.3) is 0 Å². The van der Waals surface area contributed by atoms with E-state index in [9.17, 15) is 0 Å². The highest BCUT2D eigenvalue weighted by molar-refractivity contribution is 5.49. The van der Waals surface area contributed by atoms with Crippen LogP contribution in [-0.2, 0) is 4.74 Å². The van der Waals surface area contributed by atoms with E-state index in [-0.39, 0.29) is 0 Å². The average molecular weight is 201 g/mol. The van der Waals surface area contributed by atoms with Gasteiger partial charge in [-0.3, -0.25) is 0 Å². The van der Waals surface area contributed by atoms with Gasteiger partial charge in [0, 0.05) is 24.4 Å². The number of hydrogen-bond donors (Lipinski definition) is 1. The van der Waals surface area contributed by atoms with E-state index in [0.29, 0.717) is 6.10 Å². The normalized spacial score (nSPS) is 19.8. The highest BCUT2D eigenvalue weighted by Crippen LogP contribution is 2.14. The molecule has 1 aromatic carbocycles. The molecule has 1 heterocycles. The van der Waals surface area contributed by atoms with Crippen LogP contribution in [0.4, 0.5) is 5.69 Å². The fourth-order valence-corrected chi connectivity index (χ4v) is 1.76. The van der Waals surface area contributed by atoms with Gasteiger partial charge in [0.2, 0.25) is 0 Å². The van der Waals surface area contributed by atoms with Gasteiger partial charge < -0.3 is 10.1 Å². The van der Waals surface area contributed by atoms with E-state index in [1.54, 1.807) is 0 Å². The molecule has 1 unspecified atom stereocenters. The fraction of sp³-hybridized carbons (Fsp3) is 0.385. The Morgan fingerprint density at radius 3 is 3.20 bits per heavy atom. The van der Waals surface area contributed by atoms with Crippen molar-refractivity contribution >= 4 is 5.69 Å². The Kier molecular flexibility index (Phi) is 3.26. The number of benzene rings is 1. The lowest BCUT2D eigenvalue weighted by Gasteiger charge is -2.11. The molecule has 0 radical (unpaired) electrons. The van der Waals surface area contributed by atoms with Gasteiger partial charge in [-0.25, -0.2) is 0 Å². The molecule has 0 amide bonds. The molecule has 2 rings (SSSR count). The number of hydrogen-bond acceptors (Lipinski definition) is 2. The van der Waals surface area contributed by atoms with Crippen molar-refractivity contribution < 1.29 is 4.74 Å². The van der Waals surface area contributed by atoms with Gasteiger partial charge in [-0.15, -0.1) is 6.42 Å². The molecule has 78 valence electrons. The van der Waals surface area contributed by atoms with E-state index < -0.39 is 0 Å². The highest BCUT2D eigenvalue weighted by Gasteiger charge is 2.14. The summed E-state index contributed by atoms with van der Waals surface area (Å²) in [6.07, 6.45) is 8.03. The van der Waals surface area contributed by atoms with E-state index in [1.807, 2.05) is 24.3 Å². The van der Waals surface area contributed by atoms with Gasteiger partial charge in [-0.2, -0.15) is 0 Å². The van der Waals surface area contributed by atoms with E-state index >= 15 is 0 Å². The maximum absolute atomic E-state index is 5.53. The molecule has 0 aromatic heterocycles. The van der Waals surface area contributed by atoms with Gasteiger partial charge in [0.05, 0.1) is 6.10 Å². The molecule has 2 nitrogen and oxygen atoms in total. The lowest BCUT2D eigenvalue weighted by molar-refractivity contribution is 0.120. The van der Waals surface area contributed by atoms with Crippen LogP contribution in [0.3, 0.4) is 0 Å². The SMILES string of the molecule is C#Cc1cccc(NCC2CCCO2)c1. The molecule has 2 heteroatoms. The summed E-state index contributed by atoms with van der Waals surface area (Å²) in [5.74, 6) is 2.62. The van der Waals surface area contributed by atoms with Gasteiger partial charge in [-0.05, 0) is 31.0 Å². The first-order valence-electron chi connectivity index (χ1n) is 5.30. The minimum absolute atomic E-state index is 0.361. The van der Waals surface area contributed by atoms with Gasteiger partial charge in [0.25, 0.3) is 0 Å². The summed E-state index contributed by atoms with van der Waals surface area (Å²) in [5, 5.41) is 3.34. The van der Waals surface area contributed by atoms with Crippen molar-refractivity contribution in [2.45, 2.75) is 18.9 Å². The van der Waals surface area contributed by atoms with Crippen LogP contribution < -0.4 is 5.32 Å². The van der Waals surface area contributed by atoms with Crippen molar-refractivity contribution in [3.63, 3.8) is 0 Å². The van der Waals surface area contributed by atoms with Crippen LogP contribution in [0.2, 0.25) is 0 Å². The van der Waals surface area contributed by atoms with Gasteiger partial charge in [0.1, 0.15) is 0 Å². The van der Waals surface area contributed by atoms with Crippen molar-refractivity contribution in [1.82, 2.24) is 0 Å². The Morgan fingerprint density at radius 1 is 1.53 bits per heavy atom. The Morgan fingerprint density at radius 2 is 2.47 bits per heavy atom. The molecule has 15 heavy (non-hydrogen) atoms. The lowest BCUT2D eigenvalue weighted by Crippen LogP contribution is -2.18. The molecular weight excluding hydrogens is 186 g/mol. The summed E-state index contributed by atoms with van der Waals surface area (Å²) in [6.45, 7) is 1.77. The monoisotopic (exact) mass is 201 g/mol. The molecule has 0 spiro atoms. The average Bonchev–Trinajstić information content (AvgIpc) is 2.79. The zero-order valence-corrected chi connectivity index (χ0v) is 8.70. The fourth-order valence-electron chi connectivity index (χ4n) is 1.76. The van der Waals surface area contributed by atoms with Gasteiger partial charge in [-0.1, -0.05) is 12.0 Å². The first-order chi connectivity index (χ1) is 7.38. The molecular formula is C13H15NO. The first-order valence-corrected chi connectivity index (χ1v) is 5.30. The van der Waals surface area contributed by atoms with Crippen LogP contribution in [-0.4, -0.2) is 19.3 Å². The van der Waals surface area contributed by atoms with Crippen molar-refractivity contribution in [2.75, 3.05) is 18.5 Å². The van der Waals surface area contributed by atoms with Crippen molar-refractivity contribution in [3.05, 3.63) is 29.8 Å². The summed E-state index contributed by atoms with van der Waals surface area (Å²) >= 11 is 0. The second-order valence-corrected chi connectivity index (χ2v) is 3.74. The van der Waals surface area contributed by atoms with Gasteiger partial charge >= 0.3 is 0 Å². The summed E-state index contributed by atoms with van der Waals surface area (Å²) in [6, 6.07) is 7.90. The molecule has 0 bridgehead atoms. The van der Waals surface area contributed by atoms with E-state index in [2.05, 4.69) is 11.2 Å². The van der Waals surface area contributed by atoms with Crippen molar-refractivity contribution in [1.29, 1.82) is 0 Å². The lowest BCUT2D eigenvalue weighted by atomic mass is 10.2. The highest BCUT2D eigenvalue weighted by atomic mass is 16.5. The Labute approximate surface area is 90.6 Å². The van der Waals surface area contributed by atoms with Crippen molar-refractivity contribution in [2.24, 2.45) is 0 Å². The molecule has 1 atom stereocenters.